The monoisotopic (exact) mass is 589 g/mol. The minimum Gasteiger partial charge on any atom is -0.481 e. The first-order chi connectivity index (χ1) is 20.1. The van der Waals surface area contributed by atoms with Gasteiger partial charge in [-0.2, -0.15) is 0 Å². The lowest BCUT2D eigenvalue weighted by Crippen LogP contribution is -2.40. The van der Waals surface area contributed by atoms with Gasteiger partial charge in [0.1, 0.15) is 16.5 Å². The number of piperidine rings is 1. The van der Waals surface area contributed by atoms with Crippen molar-refractivity contribution in [2.24, 2.45) is 17.3 Å². The van der Waals surface area contributed by atoms with Gasteiger partial charge in [-0.15, -0.1) is 11.3 Å². The number of nitrogens with zero attached hydrogens (tertiary/aromatic N) is 4. The van der Waals surface area contributed by atoms with Crippen molar-refractivity contribution in [1.82, 2.24) is 14.9 Å². The largest absolute Gasteiger partial charge is 0.481 e. The maximum absolute atomic E-state index is 13.4. The molecule has 2 unspecified atom stereocenters. The first-order valence-corrected chi connectivity index (χ1v) is 15.5. The molecular weight excluding hydrogens is 550 g/mol. The number of benzene rings is 1. The van der Waals surface area contributed by atoms with E-state index in [9.17, 15) is 19.5 Å². The highest BCUT2D eigenvalue weighted by atomic mass is 32.1. The molecule has 2 atom stereocenters. The van der Waals surface area contributed by atoms with Crippen LogP contribution < -0.4 is 10.2 Å². The maximum Gasteiger partial charge on any atom is 0.307 e. The minimum atomic E-state index is -0.847. The standard InChI is InChI=1S/C32H39N5O4S/c1-32(2,3)29(31(40)41)23-11-12-28(38)37(25-9-5-4-8-22(23)25)19-27-35-24(20-42-27)30(39)36-16-13-21(14-17-36)18-34-26-10-6-7-15-33-26/h4-10,15,20-21,23,29H,11-14,16-19H2,1-3H3,(H,33,34)(H,40,41). The molecule has 4 heterocycles. The van der Waals surface area contributed by atoms with Crippen LogP contribution in [0.15, 0.2) is 54.0 Å². The normalized spacial score (nSPS) is 18.7. The molecule has 1 aromatic carbocycles. The number of fused-ring (bicyclic) bond motifs is 1. The first kappa shape index (κ1) is 29.7. The Morgan fingerprint density at radius 1 is 1.10 bits per heavy atom. The van der Waals surface area contributed by atoms with Crippen molar-refractivity contribution in [3.05, 3.63) is 70.3 Å². The molecule has 0 aliphatic carbocycles. The zero-order valence-corrected chi connectivity index (χ0v) is 25.3. The van der Waals surface area contributed by atoms with Gasteiger partial charge < -0.3 is 20.2 Å². The summed E-state index contributed by atoms with van der Waals surface area (Å²) in [5, 5.41) is 16.0. The minimum absolute atomic E-state index is 0.0625. The predicted molar refractivity (Wildman–Crippen MR) is 164 cm³/mol. The number of aliphatic carboxylic acids is 1. The van der Waals surface area contributed by atoms with Gasteiger partial charge in [0.25, 0.3) is 5.91 Å². The summed E-state index contributed by atoms with van der Waals surface area (Å²) < 4.78 is 0. The Hall–Kier alpha value is -3.79. The van der Waals surface area contributed by atoms with Gasteiger partial charge in [-0.3, -0.25) is 14.4 Å². The number of carbonyl (C=O) groups excluding carboxylic acids is 2. The summed E-state index contributed by atoms with van der Waals surface area (Å²) in [7, 11) is 0. The van der Waals surface area contributed by atoms with Crippen LogP contribution in [0.4, 0.5) is 11.5 Å². The van der Waals surface area contributed by atoms with Gasteiger partial charge >= 0.3 is 5.97 Å². The second-order valence-electron chi connectivity index (χ2n) is 12.3. The quantitative estimate of drug-likeness (QED) is 0.348. The molecule has 2 aromatic heterocycles. The summed E-state index contributed by atoms with van der Waals surface area (Å²) in [5.74, 6) is -0.575. The van der Waals surface area contributed by atoms with Gasteiger partial charge in [0.05, 0.1) is 12.5 Å². The Kier molecular flexibility index (Phi) is 8.91. The van der Waals surface area contributed by atoms with E-state index in [0.717, 1.165) is 36.5 Å². The molecule has 222 valence electrons. The number of carboxylic acids is 1. The summed E-state index contributed by atoms with van der Waals surface area (Å²) >= 11 is 1.38. The van der Waals surface area contributed by atoms with E-state index in [4.69, 9.17) is 0 Å². The molecule has 0 radical (unpaired) electrons. The van der Waals surface area contributed by atoms with Crippen molar-refractivity contribution >= 4 is 40.6 Å². The number of rotatable bonds is 8. The van der Waals surface area contributed by atoms with E-state index in [1.54, 1.807) is 16.5 Å². The van der Waals surface area contributed by atoms with Crippen LogP contribution in [0.5, 0.6) is 0 Å². The highest BCUT2D eigenvalue weighted by Gasteiger charge is 2.42. The van der Waals surface area contributed by atoms with E-state index in [-0.39, 0.29) is 30.7 Å². The number of nitrogens with one attached hydrogen (secondary N) is 1. The molecule has 5 rings (SSSR count). The van der Waals surface area contributed by atoms with Crippen molar-refractivity contribution in [3.63, 3.8) is 0 Å². The number of likely N-dealkylation sites (tertiary alicyclic amines) is 1. The van der Waals surface area contributed by atoms with E-state index in [1.807, 2.05) is 68.1 Å². The Morgan fingerprint density at radius 2 is 1.83 bits per heavy atom. The lowest BCUT2D eigenvalue weighted by atomic mass is 9.69. The molecule has 9 nitrogen and oxygen atoms in total. The number of carboxylic acid groups (broad SMARTS) is 1. The highest BCUT2D eigenvalue weighted by Crippen LogP contribution is 2.46. The lowest BCUT2D eigenvalue weighted by Gasteiger charge is -2.34. The second-order valence-corrected chi connectivity index (χ2v) is 13.3. The summed E-state index contributed by atoms with van der Waals surface area (Å²) in [6.07, 6.45) is 4.31. The Labute approximate surface area is 251 Å². The van der Waals surface area contributed by atoms with Crippen LogP contribution in [0.2, 0.25) is 0 Å². The third-order valence-electron chi connectivity index (χ3n) is 8.40. The van der Waals surface area contributed by atoms with Gasteiger partial charge in [-0.1, -0.05) is 45.0 Å². The highest BCUT2D eigenvalue weighted by molar-refractivity contribution is 7.09. The number of thiazole rings is 1. The number of aromatic nitrogens is 2. The topological polar surface area (TPSA) is 116 Å². The third-order valence-corrected chi connectivity index (χ3v) is 9.24. The van der Waals surface area contributed by atoms with Gasteiger partial charge in [0.15, 0.2) is 0 Å². The fourth-order valence-electron chi connectivity index (χ4n) is 6.25. The van der Waals surface area contributed by atoms with Crippen LogP contribution in [-0.4, -0.2) is 57.4 Å². The molecule has 42 heavy (non-hydrogen) atoms. The molecular formula is C32H39N5O4S. The summed E-state index contributed by atoms with van der Waals surface area (Å²) in [6.45, 7) is 8.25. The third kappa shape index (κ3) is 6.64. The predicted octanol–water partition coefficient (Wildman–Crippen LogP) is 5.66. The fraction of sp³-hybridized carbons (Fsp3) is 0.469. The Bertz CT molecular complexity index is 1410. The van der Waals surface area contributed by atoms with Crippen molar-refractivity contribution < 1.29 is 19.5 Å². The van der Waals surface area contributed by atoms with Gasteiger partial charge in [0.2, 0.25) is 5.91 Å². The van der Waals surface area contributed by atoms with E-state index in [0.29, 0.717) is 36.1 Å². The number of amides is 2. The average Bonchev–Trinajstić information content (AvgIpc) is 3.40. The molecule has 1 saturated heterocycles. The number of anilines is 2. The lowest BCUT2D eigenvalue weighted by molar-refractivity contribution is -0.147. The Balaban J connectivity index is 1.25. The molecule has 0 saturated carbocycles. The number of para-hydroxylation sites is 1. The van der Waals surface area contributed by atoms with Crippen molar-refractivity contribution in [3.8, 4) is 0 Å². The molecule has 3 aromatic rings. The SMILES string of the molecule is CC(C)(C)C(C(=O)O)C1CCC(=O)N(Cc2nc(C(=O)N3CCC(CNc4ccccn4)CC3)cs2)c2ccccc21. The number of carbonyl (C=O) groups is 3. The van der Waals surface area contributed by atoms with E-state index < -0.39 is 17.3 Å². The van der Waals surface area contributed by atoms with Crippen LogP contribution in [0.1, 0.15) is 73.4 Å². The van der Waals surface area contributed by atoms with Crippen molar-refractivity contribution in [2.45, 2.75) is 58.9 Å². The second kappa shape index (κ2) is 12.6. The van der Waals surface area contributed by atoms with Crippen LogP contribution in [-0.2, 0) is 16.1 Å². The zero-order valence-electron chi connectivity index (χ0n) is 24.5. The molecule has 0 spiro atoms. The van der Waals surface area contributed by atoms with E-state index >= 15 is 0 Å². The van der Waals surface area contributed by atoms with Gasteiger partial charge in [0, 0.05) is 49.2 Å². The van der Waals surface area contributed by atoms with Gasteiger partial charge in [-0.05, 0) is 54.4 Å². The summed E-state index contributed by atoms with van der Waals surface area (Å²) in [5.41, 5.74) is 1.53. The van der Waals surface area contributed by atoms with Crippen molar-refractivity contribution in [1.29, 1.82) is 0 Å². The molecule has 1 fully saturated rings. The average molecular weight is 590 g/mol. The van der Waals surface area contributed by atoms with E-state index in [1.165, 1.54) is 11.3 Å². The molecule has 2 amide bonds. The molecule has 0 bridgehead atoms. The smallest absolute Gasteiger partial charge is 0.307 e. The number of hydrogen-bond donors (Lipinski definition) is 2. The number of pyridine rings is 1. The van der Waals surface area contributed by atoms with Crippen LogP contribution >= 0.6 is 11.3 Å². The van der Waals surface area contributed by atoms with Crippen LogP contribution in [0.3, 0.4) is 0 Å². The summed E-state index contributed by atoms with van der Waals surface area (Å²) in [4.78, 5) is 51.6. The first-order valence-electron chi connectivity index (χ1n) is 14.6. The van der Waals surface area contributed by atoms with Gasteiger partial charge in [-0.25, -0.2) is 9.97 Å². The van der Waals surface area contributed by atoms with Crippen molar-refractivity contribution in [2.75, 3.05) is 29.9 Å². The Morgan fingerprint density at radius 3 is 2.52 bits per heavy atom. The number of hydrogen-bond acceptors (Lipinski definition) is 7. The maximum atomic E-state index is 13.4. The summed E-state index contributed by atoms with van der Waals surface area (Å²) in [6, 6.07) is 13.4. The van der Waals surface area contributed by atoms with Crippen LogP contribution in [0, 0.1) is 17.3 Å². The zero-order chi connectivity index (χ0) is 29.9. The molecule has 2 N–H and O–H groups in total. The molecule has 2 aliphatic rings. The fourth-order valence-corrected chi connectivity index (χ4v) is 7.01. The van der Waals surface area contributed by atoms with Crippen LogP contribution in [0.25, 0.3) is 0 Å². The van der Waals surface area contributed by atoms with E-state index in [2.05, 4.69) is 15.3 Å². The molecule has 10 heteroatoms. The molecule has 2 aliphatic heterocycles.